The van der Waals surface area contributed by atoms with Crippen molar-refractivity contribution in [2.75, 3.05) is 5.75 Å². The Morgan fingerprint density at radius 1 is 1.20 bits per heavy atom. The summed E-state index contributed by atoms with van der Waals surface area (Å²) in [5.74, 6) is 0.861. The fourth-order valence-corrected chi connectivity index (χ4v) is 4.41. The molecule has 2 heterocycles. The highest BCUT2D eigenvalue weighted by atomic mass is 32.2. The topological polar surface area (TPSA) is 72.2 Å². The molecule has 3 rings (SSSR count). The molecule has 0 saturated carbocycles. The molecule has 0 saturated heterocycles. The Morgan fingerprint density at radius 2 is 1.93 bits per heavy atom. The van der Waals surface area contributed by atoms with E-state index in [-0.39, 0.29) is 17.1 Å². The van der Waals surface area contributed by atoms with Gasteiger partial charge in [-0.2, -0.15) is 5.10 Å². The maximum atomic E-state index is 12.1. The monoisotopic (exact) mass is 441 g/mol. The van der Waals surface area contributed by atoms with E-state index < -0.39 is 0 Å². The summed E-state index contributed by atoms with van der Waals surface area (Å²) in [5.41, 5.74) is 4.97. The Bertz CT molecular complexity index is 1030. The smallest absolute Gasteiger partial charge is 0.250 e. The van der Waals surface area contributed by atoms with Crippen molar-refractivity contribution in [1.82, 2.24) is 20.2 Å². The van der Waals surface area contributed by atoms with E-state index in [1.54, 1.807) is 17.6 Å². The van der Waals surface area contributed by atoms with Gasteiger partial charge in [0.1, 0.15) is 0 Å². The van der Waals surface area contributed by atoms with E-state index in [9.17, 15) is 4.79 Å². The normalized spacial score (nSPS) is 11.9. The van der Waals surface area contributed by atoms with Crippen LogP contribution in [0.25, 0.3) is 11.4 Å². The summed E-state index contributed by atoms with van der Waals surface area (Å²) in [6.45, 7) is 11.4. The molecule has 3 aromatic rings. The Kier molecular flexibility index (Phi) is 7.10. The van der Waals surface area contributed by atoms with Crippen molar-refractivity contribution in [3.8, 4) is 11.4 Å². The SMILES string of the molecule is CCn1c(SCC(=O)N/N=C\c2ccc(C)s2)nnc1-c1ccc(C(C)(C)C)cc1. The highest BCUT2D eigenvalue weighted by Crippen LogP contribution is 2.27. The molecule has 0 aliphatic carbocycles. The highest BCUT2D eigenvalue weighted by molar-refractivity contribution is 7.99. The van der Waals surface area contributed by atoms with Crippen molar-refractivity contribution in [2.24, 2.45) is 5.10 Å². The van der Waals surface area contributed by atoms with Crippen molar-refractivity contribution < 1.29 is 4.79 Å². The van der Waals surface area contributed by atoms with E-state index in [1.165, 1.54) is 22.2 Å². The summed E-state index contributed by atoms with van der Waals surface area (Å²) in [4.78, 5) is 14.3. The lowest BCUT2D eigenvalue weighted by molar-refractivity contribution is -0.118. The number of amides is 1. The second-order valence-electron chi connectivity index (χ2n) is 7.91. The van der Waals surface area contributed by atoms with Gasteiger partial charge in [0, 0.05) is 21.9 Å². The van der Waals surface area contributed by atoms with Crippen molar-refractivity contribution in [1.29, 1.82) is 0 Å². The first-order valence-corrected chi connectivity index (χ1v) is 11.6. The second kappa shape index (κ2) is 9.57. The van der Waals surface area contributed by atoms with Gasteiger partial charge >= 0.3 is 0 Å². The number of hydrazone groups is 1. The zero-order chi connectivity index (χ0) is 21.7. The van der Waals surface area contributed by atoms with Gasteiger partial charge in [-0.3, -0.25) is 4.79 Å². The molecule has 0 spiro atoms. The van der Waals surface area contributed by atoms with Crippen LogP contribution >= 0.6 is 23.1 Å². The second-order valence-corrected chi connectivity index (χ2v) is 10.2. The van der Waals surface area contributed by atoms with Crippen molar-refractivity contribution in [2.45, 2.75) is 51.7 Å². The lowest BCUT2D eigenvalue weighted by Crippen LogP contribution is -2.19. The summed E-state index contributed by atoms with van der Waals surface area (Å²) in [6, 6.07) is 12.4. The summed E-state index contributed by atoms with van der Waals surface area (Å²) in [6.07, 6.45) is 1.66. The van der Waals surface area contributed by atoms with Gasteiger partial charge < -0.3 is 4.57 Å². The molecule has 0 aliphatic heterocycles. The molecule has 0 atom stereocenters. The molecule has 0 bridgehead atoms. The van der Waals surface area contributed by atoms with Crippen LogP contribution in [0.5, 0.6) is 0 Å². The Labute approximate surface area is 185 Å². The summed E-state index contributed by atoms with van der Waals surface area (Å²) in [5, 5.41) is 13.4. The van der Waals surface area contributed by atoms with Gasteiger partial charge in [-0.1, -0.05) is 56.8 Å². The van der Waals surface area contributed by atoms with Gasteiger partial charge in [0.2, 0.25) is 0 Å². The van der Waals surface area contributed by atoms with Crippen LogP contribution in [0.4, 0.5) is 0 Å². The van der Waals surface area contributed by atoms with Gasteiger partial charge in [-0.15, -0.1) is 21.5 Å². The minimum absolute atomic E-state index is 0.107. The number of aromatic nitrogens is 3. The Hall–Kier alpha value is -2.45. The molecule has 1 amide bonds. The molecule has 0 unspecified atom stereocenters. The van der Waals surface area contributed by atoms with E-state index in [1.807, 2.05) is 30.5 Å². The molecular formula is C22H27N5OS2. The molecule has 8 heteroatoms. The number of aryl methyl sites for hydroxylation is 1. The summed E-state index contributed by atoms with van der Waals surface area (Å²) in [7, 11) is 0. The van der Waals surface area contributed by atoms with Gasteiger partial charge in [0.15, 0.2) is 11.0 Å². The number of nitrogens with zero attached hydrogens (tertiary/aromatic N) is 4. The highest BCUT2D eigenvalue weighted by Gasteiger charge is 2.17. The van der Waals surface area contributed by atoms with Crippen LogP contribution in [0.3, 0.4) is 0 Å². The largest absolute Gasteiger partial charge is 0.302 e. The van der Waals surface area contributed by atoms with Crippen LogP contribution < -0.4 is 5.43 Å². The number of benzene rings is 1. The van der Waals surface area contributed by atoms with Gasteiger partial charge in [0.25, 0.3) is 5.91 Å². The molecule has 1 aromatic carbocycles. The minimum atomic E-state index is -0.175. The number of thiophene rings is 1. The molecular weight excluding hydrogens is 414 g/mol. The number of hydrogen-bond donors (Lipinski definition) is 1. The molecule has 158 valence electrons. The molecule has 0 aliphatic rings. The van der Waals surface area contributed by atoms with E-state index in [4.69, 9.17) is 0 Å². The van der Waals surface area contributed by atoms with Crippen LogP contribution in [-0.4, -0.2) is 32.6 Å². The number of hydrogen-bond acceptors (Lipinski definition) is 6. The van der Waals surface area contributed by atoms with Crippen molar-refractivity contribution >= 4 is 35.2 Å². The van der Waals surface area contributed by atoms with Gasteiger partial charge in [-0.25, -0.2) is 5.43 Å². The fourth-order valence-electron chi connectivity index (χ4n) is 2.87. The predicted molar refractivity (Wildman–Crippen MR) is 125 cm³/mol. The molecule has 1 N–H and O–H groups in total. The fraction of sp³-hybridized carbons (Fsp3) is 0.364. The Balaban J connectivity index is 1.62. The van der Waals surface area contributed by atoms with Gasteiger partial charge in [-0.05, 0) is 37.0 Å². The maximum Gasteiger partial charge on any atom is 0.250 e. The number of nitrogens with one attached hydrogen (secondary N) is 1. The van der Waals surface area contributed by atoms with Crippen LogP contribution in [0.15, 0.2) is 46.7 Å². The van der Waals surface area contributed by atoms with Crippen LogP contribution in [-0.2, 0) is 16.8 Å². The summed E-state index contributed by atoms with van der Waals surface area (Å²) < 4.78 is 2.03. The average Bonchev–Trinajstić information content (AvgIpc) is 3.31. The molecule has 0 fully saturated rings. The first-order valence-electron chi connectivity index (χ1n) is 9.83. The van der Waals surface area contributed by atoms with Gasteiger partial charge in [0.05, 0.1) is 12.0 Å². The molecule has 30 heavy (non-hydrogen) atoms. The average molecular weight is 442 g/mol. The predicted octanol–water partition coefficient (Wildman–Crippen LogP) is 4.87. The number of thioether (sulfide) groups is 1. The van der Waals surface area contributed by atoms with E-state index >= 15 is 0 Å². The summed E-state index contributed by atoms with van der Waals surface area (Å²) >= 11 is 2.99. The zero-order valence-electron chi connectivity index (χ0n) is 18.0. The molecule has 6 nitrogen and oxygen atoms in total. The third-order valence-corrected chi connectivity index (χ3v) is 6.42. The first-order chi connectivity index (χ1) is 14.3. The van der Waals surface area contributed by atoms with E-state index in [0.29, 0.717) is 0 Å². The standard InChI is InChI=1S/C22H27N5OS2/c1-6-27-20(16-8-10-17(11-9-16)22(3,4)5)25-26-21(27)29-14-19(28)24-23-13-18-12-7-15(2)30-18/h7-13H,6,14H2,1-5H3,(H,24,28)/b23-13-. The van der Waals surface area contributed by atoms with Crippen molar-refractivity contribution in [3.05, 3.63) is 51.7 Å². The third kappa shape index (κ3) is 5.58. The van der Waals surface area contributed by atoms with E-state index in [0.717, 1.165) is 28.0 Å². The lowest BCUT2D eigenvalue weighted by Gasteiger charge is -2.19. The number of rotatable bonds is 7. The minimum Gasteiger partial charge on any atom is -0.302 e. The molecule has 2 aromatic heterocycles. The number of carbonyl (C=O) groups excluding carboxylic acids is 1. The van der Waals surface area contributed by atoms with Crippen LogP contribution in [0.1, 0.15) is 43.0 Å². The van der Waals surface area contributed by atoms with Crippen molar-refractivity contribution in [3.63, 3.8) is 0 Å². The first kappa shape index (κ1) is 22.2. The maximum absolute atomic E-state index is 12.1. The lowest BCUT2D eigenvalue weighted by atomic mass is 9.87. The van der Waals surface area contributed by atoms with E-state index in [2.05, 4.69) is 65.8 Å². The zero-order valence-corrected chi connectivity index (χ0v) is 19.6. The van der Waals surface area contributed by atoms with Crippen LogP contribution in [0, 0.1) is 6.92 Å². The number of carbonyl (C=O) groups is 1. The van der Waals surface area contributed by atoms with Crippen LogP contribution in [0.2, 0.25) is 0 Å². The quantitative estimate of drug-likeness (QED) is 0.322. The third-order valence-electron chi connectivity index (χ3n) is 4.52. The molecule has 0 radical (unpaired) electrons. The Morgan fingerprint density at radius 3 is 2.53 bits per heavy atom.